The highest BCUT2D eigenvalue weighted by atomic mass is 32.1. The fourth-order valence-electron chi connectivity index (χ4n) is 2.18. The molecule has 0 aliphatic rings. The Kier molecular flexibility index (Phi) is 4.86. The van der Waals surface area contributed by atoms with Gasteiger partial charge in [-0.1, -0.05) is 12.1 Å². The Bertz CT molecular complexity index is 846. The Hall–Kier alpha value is -2.73. The number of hydrogen-bond acceptors (Lipinski definition) is 4. The molecule has 0 fully saturated rings. The lowest BCUT2D eigenvalue weighted by Crippen LogP contribution is -2.23. The van der Waals surface area contributed by atoms with Crippen LogP contribution < -0.4 is 10.1 Å². The average Bonchev–Trinajstić information content (AvgIpc) is 3.09. The van der Waals surface area contributed by atoms with E-state index in [0.717, 1.165) is 22.0 Å². The van der Waals surface area contributed by atoms with Crippen LogP contribution in [0.1, 0.15) is 15.4 Å². The zero-order valence-electron chi connectivity index (χ0n) is 13.0. The smallest absolute Gasteiger partial charge is 0.254 e. The Balaban J connectivity index is 1.66. The van der Waals surface area contributed by atoms with Crippen LogP contribution in [0.25, 0.3) is 11.3 Å². The van der Waals surface area contributed by atoms with Gasteiger partial charge < -0.3 is 10.1 Å². The summed E-state index contributed by atoms with van der Waals surface area (Å²) in [6, 6.07) is 13.5. The van der Waals surface area contributed by atoms with Crippen molar-refractivity contribution < 1.29 is 13.9 Å². The first-order valence-corrected chi connectivity index (χ1v) is 8.17. The van der Waals surface area contributed by atoms with E-state index in [4.69, 9.17) is 4.74 Å². The van der Waals surface area contributed by atoms with Gasteiger partial charge in [-0.25, -0.2) is 9.37 Å². The molecule has 6 heteroatoms. The zero-order chi connectivity index (χ0) is 16.9. The third kappa shape index (κ3) is 3.60. The fraction of sp³-hybridized carbons (Fsp3) is 0.111. The van der Waals surface area contributed by atoms with Gasteiger partial charge in [-0.15, -0.1) is 11.3 Å². The van der Waals surface area contributed by atoms with E-state index in [1.165, 1.54) is 23.5 Å². The summed E-state index contributed by atoms with van der Waals surface area (Å²) >= 11 is 1.44. The van der Waals surface area contributed by atoms with E-state index in [-0.39, 0.29) is 12.1 Å². The van der Waals surface area contributed by atoms with Crippen molar-refractivity contribution in [3.8, 4) is 17.0 Å². The number of thiazole rings is 1. The maximum atomic E-state index is 13.6. The molecule has 1 aromatic heterocycles. The standard InChI is InChI=1S/C18H15FN2O2S/c1-23-13-8-6-12(7-9-13)16-11-24-17(21-16)10-20-18(22)14-4-2-3-5-15(14)19/h2-9,11H,10H2,1H3,(H,20,22). The molecule has 0 saturated heterocycles. The van der Waals surface area contributed by atoms with Crippen LogP contribution in [-0.2, 0) is 6.54 Å². The lowest BCUT2D eigenvalue weighted by molar-refractivity contribution is 0.0947. The first-order valence-electron chi connectivity index (χ1n) is 7.29. The maximum absolute atomic E-state index is 13.6. The number of benzene rings is 2. The summed E-state index contributed by atoms with van der Waals surface area (Å²) in [5.74, 6) is -0.200. The predicted molar refractivity (Wildman–Crippen MR) is 91.7 cm³/mol. The summed E-state index contributed by atoms with van der Waals surface area (Å²) in [5.41, 5.74) is 1.83. The Morgan fingerprint density at radius 2 is 1.96 bits per heavy atom. The summed E-state index contributed by atoms with van der Waals surface area (Å²) in [6.45, 7) is 0.258. The highest BCUT2D eigenvalue weighted by Gasteiger charge is 2.11. The van der Waals surface area contributed by atoms with Crippen LogP contribution in [0.4, 0.5) is 4.39 Å². The van der Waals surface area contributed by atoms with Crippen molar-refractivity contribution in [2.75, 3.05) is 7.11 Å². The van der Waals surface area contributed by atoms with Crippen molar-refractivity contribution in [1.29, 1.82) is 0 Å². The van der Waals surface area contributed by atoms with Gasteiger partial charge >= 0.3 is 0 Å². The molecule has 3 rings (SSSR count). The second kappa shape index (κ2) is 7.23. The van der Waals surface area contributed by atoms with E-state index in [1.807, 2.05) is 29.6 Å². The molecular formula is C18H15FN2O2S. The summed E-state index contributed by atoms with van der Waals surface area (Å²) in [7, 11) is 1.62. The number of hydrogen-bond donors (Lipinski definition) is 1. The van der Waals surface area contributed by atoms with Crippen molar-refractivity contribution in [2.24, 2.45) is 0 Å². The summed E-state index contributed by atoms with van der Waals surface area (Å²) < 4.78 is 18.7. The monoisotopic (exact) mass is 342 g/mol. The van der Waals surface area contributed by atoms with Gasteiger partial charge in [0.15, 0.2) is 0 Å². The third-order valence-corrected chi connectivity index (χ3v) is 4.30. The van der Waals surface area contributed by atoms with E-state index in [2.05, 4.69) is 10.3 Å². The topological polar surface area (TPSA) is 51.2 Å². The fourth-order valence-corrected chi connectivity index (χ4v) is 2.93. The van der Waals surface area contributed by atoms with Gasteiger partial charge in [0.05, 0.1) is 24.9 Å². The molecule has 0 aliphatic heterocycles. The number of carbonyl (C=O) groups is 1. The van der Waals surface area contributed by atoms with Crippen LogP contribution >= 0.6 is 11.3 Å². The van der Waals surface area contributed by atoms with Gasteiger partial charge in [0.2, 0.25) is 0 Å². The van der Waals surface area contributed by atoms with E-state index in [1.54, 1.807) is 19.2 Å². The Labute approximate surface area is 142 Å². The van der Waals surface area contributed by atoms with Gasteiger partial charge in [-0.05, 0) is 36.4 Å². The van der Waals surface area contributed by atoms with Gasteiger partial charge in [0, 0.05) is 10.9 Å². The number of rotatable bonds is 5. The molecule has 0 unspecified atom stereocenters. The molecule has 1 N–H and O–H groups in total. The number of carbonyl (C=O) groups excluding carboxylic acids is 1. The number of nitrogens with one attached hydrogen (secondary N) is 1. The number of halogens is 1. The SMILES string of the molecule is COc1ccc(-c2csc(CNC(=O)c3ccccc3F)n2)cc1. The summed E-state index contributed by atoms with van der Waals surface area (Å²) in [5, 5.41) is 5.37. The predicted octanol–water partition coefficient (Wildman–Crippen LogP) is 3.89. The van der Waals surface area contributed by atoms with Gasteiger partial charge in [0.1, 0.15) is 16.6 Å². The lowest BCUT2D eigenvalue weighted by atomic mass is 10.2. The molecular weight excluding hydrogens is 327 g/mol. The van der Waals surface area contributed by atoms with Crippen LogP contribution in [-0.4, -0.2) is 18.0 Å². The van der Waals surface area contributed by atoms with Crippen LogP contribution in [0.5, 0.6) is 5.75 Å². The third-order valence-electron chi connectivity index (χ3n) is 3.46. The van der Waals surface area contributed by atoms with Gasteiger partial charge in [-0.2, -0.15) is 0 Å². The molecule has 0 atom stereocenters. The summed E-state index contributed by atoms with van der Waals surface area (Å²) in [4.78, 5) is 16.5. The molecule has 0 aliphatic carbocycles. The van der Waals surface area contributed by atoms with Crippen molar-refractivity contribution in [1.82, 2.24) is 10.3 Å². The second-order valence-corrected chi connectivity index (χ2v) is 5.96. The molecule has 122 valence electrons. The van der Waals surface area contributed by atoms with Gasteiger partial charge in [-0.3, -0.25) is 4.79 Å². The minimum Gasteiger partial charge on any atom is -0.497 e. The molecule has 4 nitrogen and oxygen atoms in total. The van der Waals surface area contributed by atoms with E-state index in [9.17, 15) is 9.18 Å². The van der Waals surface area contributed by atoms with Crippen LogP contribution in [0, 0.1) is 5.82 Å². The van der Waals surface area contributed by atoms with E-state index < -0.39 is 11.7 Å². The highest BCUT2D eigenvalue weighted by molar-refractivity contribution is 7.09. The molecule has 3 aromatic rings. The van der Waals surface area contributed by atoms with E-state index >= 15 is 0 Å². The normalized spacial score (nSPS) is 10.4. The highest BCUT2D eigenvalue weighted by Crippen LogP contribution is 2.24. The van der Waals surface area contributed by atoms with Crippen LogP contribution in [0.3, 0.4) is 0 Å². The molecule has 24 heavy (non-hydrogen) atoms. The largest absolute Gasteiger partial charge is 0.497 e. The lowest BCUT2D eigenvalue weighted by Gasteiger charge is -2.04. The molecule has 0 bridgehead atoms. The number of amides is 1. The maximum Gasteiger partial charge on any atom is 0.254 e. The first-order chi connectivity index (χ1) is 11.7. The second-order valence-electron chi connectivity index (χ2n) is 5.02. The molecule has 1 amide bonds. The van der Waals surface area contributed by atoms with Crippen molar-refractivity contribution in [3.63, 3.8) is 0 Å². The summed E-state index contributed by atoms with van der Waals surface area (Å²) in [6.07, 6.45) is 0. The number of methoxy groups -OCH3 is 1. The zero-order valence-corrected chi connectivity index (χ0v) is 13.8. The quantitative estimate of drug-likeness (QED) is 0.765. The Morgan fingerprint density at radius 1 is 1.21 bits per heavy atom. The average molecular weight is 342 g/mol. The van der Waals surface area contributed by atoms with E-state index in [0.29, 0.717) is 0 Å². The molecule has 1 heterocycles. The first kappa shape index (κ1) is 16.1. The van der Waals surface area contributed by atoms with Crippen molar-refractivity contribution in [3.05, 3.63) is 70.3 Å². The number of nitrogens with zero attached hydrogens (tertiary/aromatic N) is 1. The minimum absolute atomic E-state index is 0.0319. The molecule has 0 radical (unpaired) electrons. The molecule has 0 spiro atoms. The van der Waals surface area contributed by atoms with Crippen LogP contribution in [0.2, 0.25) is 0 Å². The van der Waals surface area contributed by atoms with Crippen molar-refractivity contribution in [2.45, 2.75) is 6.54 Å². The molecule has 0 saturated carbocycles. The number of ether oxygens (including phenoxy) is 1. The Morgan fingerprint density at radius 3 is 2.67 bits per heavy atom. The van der Waals surface area contributed by atoms with Crippen molar-refractivity contribution >= 4 is 17.2 Å². The van der Waals surface area contributed by atoms with Gasteiger partial charge in [0.25, 0.3) is 5.91 Å². The molecule has 2 aromatic carbocycles. The van der Waals surface area contributed by atoms with Crippen LogP contribution in [0.15, 0.2) is 53.9 Å². The number of aromatic nitrogens is 1. The minimum atomic E-state index is -0.534.